The van der Waals surface area contributed by atoms with Crippen LogP contribution in [0.5, 0.6) is 0 Å². The summed E-state index contributed by atoms with van der Waals surface area (Å²) in [5.74, 6) is 1.07. The van der Waals surface area contributed by atoms with Gasteiger partial charge in [-0.05, 0) is 47.6 Å². The van der Waals surface area contributed by atoms with Gasteiger partial charge in [-0.3, -0.25) is 0 Å². The van der Waals surface area contributed by atoms with Crippen LogP contribution in [-0.4, -0.2) is 11.7 Å². The Balaban J connectivity index is 2.68. The highest BCUT2D eigenvalue weighted by Gasteiger charge is 2.19. The van der Waals surface area contributed by atoms with Gasteiger partial charge in [0.25, 0.3) is 0 Å². The average Bonchev–Trinajstić information content (AvgIpc) is 2.36. The number of rotatable bonds is 6. The molecule has 0 spiro atoms. The van der Waals surface area contributed by atoms with Crippen molar-refractivity contribution in [1.82, 2.24) is 0 Å². The summed E-state index contributed by atoms with van der Waals surface area (Å²) in [7, 11) is 0. The lowest BCUT2D eigenvalue weighted by Crippen LogP contribution is -2.18. The first kappa shape index (κ1) is 16.2. The standard InChI is InChI=1S/C18H30O/c1-14(13-19)12-17-9-7-6-8-16(17)11-10-15(2)18(3,4)5/h6-9,14-15,19H,10-13H2,1-5H3. The number of aliphatic hydroxyl groups excluding tert-OH is 1. The minimum Gasteiger partial charge on any atom is -0.396 e. The van der Waals surface area contributed by atoms with Crippen LogP contribution in [0.1, 0.15) is 52.2 Å². The van der Waals surface area contributed by atoms with Gasteiger partial charge in [0.1, 0.15) is 0 Å². The Labute approximate surface area is 119 Å². The van der Waals surface area contributed by atoms with Gasteiger partial charge in [-0.15, -0.1) is 0 Å². The van der Waals surface area contributed by atoms with E-state index < -0.39 is 0 Å². The molecule has 0 aromatic heterocycles. The Kier molecular flexibility index (Phi) is 6.06. The molecule has 0 aliphatic heterocycles. The molecular formula is C18H30O. The molecule has 19 heavy (non-hydrogen) atoms. The topological polar surface area (TPSA) is 20.2 Å². The van der Waals surface area contributed by atoms with Crippen molar-refractivity contribution in [3.63, 3.8) is 0 Å². The van der Waals surface area contributed by atoms with E-state index in [0.29, 0.717) is 11.3 Å². The molecule has 2 unspecified atom stereocenters. The third-order valence-electron chi connectivity index (χ3n) is 4.32. The first-order valence-electron chi connectivity index (χ1n) is 7.52. The lowest BCUT2D eigenvalue weighted by atomic mass is 9.78. The second kappa shape index (κ2) is 7.09. The molecule has 1 N–H and O–H groups in total. The van der Waals surface area contributed by atoms with Crippen molar-refractivity contribution >= 4 is 0 Å². The van der Waals surface area contributed by atoms with Crippen molar-refractivity contribution in [2.24, 2.45) is 17.3 Å². The normalized spacial score (nSPS) is 15.3. The molecular weight excluding hydrogens is 232 g/mol. The monoisotopic (exact) mass is 262 g/mol. The summed E-state index contributed by atoms with van der Waals surface area (Å²) in [6.45, 7) is 11.7. The molecule has 1 aromatic rings. The highest BCUT2D eigenvalue weighted by atomic mass is 16.3. The van der Waals surface area contributed by atoms with E-state index in [1.54, 1.807) is 0 Å². The van der Waals surface area contributed by atoms with E-state index in [0.717, 1.165) is 18.8 Å². The third kappa shape index (κ3) is 5.36. The lowest BCUT2D eigenvalue weighted by molar-refractivity contribution is 0.236. The Hall–Kier alpha value is -0.820. The van der Waals surface area contributed by atoms with Gasteiger partial charge in [0, 0.05) is 6.61 Å². The fourth-order valence-corrected chi connectivity index (χ4v) is 2.25. The van der Waals surface area contributed by atoms with Crippen molar-refractivity contribution in [3.8, 4) is 0 Å². The number of aryl methyl sites for hydroxylation is 1. The number of benzene rings is 1. The predicted molar refractivity (Wildman–Crippen MR) is 83.3 cm³/mol. The molecule has 1 heteroatoms. The third-order valence-corrected chi connectivity index (χ3v) is 4.32. The van der Waals surface area contributed by atoms with Gasteiger partial charge in [0.05, 0.1) is 0 Å². The van der Waals surface area contributed by atoms with E-state index in [1.165, 1.54) is 17.5 Å². The van der Waals surface area contributed by atoms with Crippen LogP contribution in [0.3, 0.4) is 0 Å². The lowest BCUT2D eigenvalue weighted by Gasteiger charge is -2.27. The predicted octanol–water partition coefficient (Wildman–Crippen LogP) is 4.47. The summed E-state index contributed by atoms with van der Waals surface area (Å²) in [6.07, 6.45) is 3.36. The molecule has 1 nitrogen and oxygen atoms in total. The van der Waals surface area contributed by atoms with E-state index in [4.69, 9.17) is 0 Å². The smallest absolute Gasteiger partial charge is 0.0459 e. The number of aliphatic hydroxyl groups is 1. The molecule has 1 rings (SSSR count). The summed E-state index contributed by atoms with van der Waals surface area (Å²) in [5, 5.41) is 9.21. The van der Waals surface area contributed by atoms with E-state index in [-0.39, 0.29) is 6.61 Å². The van der Waals surface area contributed by atoms with Crippen molar-refractivity contribution in [1.29, 1.82) is 0 Å². The fourth-order valence-electron chi connectivity index (χ4n) is 2.25. The molecule has 0 amide bonds. The molecule has 2 atom stereocenters. The molecule has 0 aliphatic rings. The van der Waals surface area contributed by atoms with Crippen LogP contribution in [0.2, 0.25) is 0 Å². The van der Waals surface area contributed by atoms with Gasteiger partial charge in [-0.25, -0.2) is 0 Å². The van der Waals surface area contributed by atoms with Gasteiger partial charge in [-0.1, -0.05) is 58.9 Å². The summed E-state index contributed by atoms with van der Waals surface area (Å²) < 4.78 is 0. The minimum atomic E-state index is 0.271. The highest BCUT2D eigenvalue weighted by Crippen LogP contribution is 2.29. The molecule has 0 saturated heterocycles. The van der Waals surface area contributed by atoms with Crippen molar-refractivity contribution in [3.05, 3.63) is 35.4 Å². The van der Waals surface area contributed by atoms with E-state index >= 15 is 0 Å². The molecule has 0 fully saturated rings. The fraction of sp³-hybridized carbons (Fsp3) is 0.667. The van der Waals surface area contributed by atoms with E-state index in [1.807, 2.05) is 0 Å². The second-order valence-corrected chi connectivity index (χ2v) is 7.07. The Bertz CT molecular complexity index is 376. The van der Waals surface area contributed by atoms with Gasteiger partial charge in [-0.2, -0.15) is 0 Å². The minimum absolute atomic E-state index is 0.271. The van der Waals surface area contributed by atoms with Gasteiger partial charge < -0.3 is 5.11 Å². The van der Waals surface area contributed by atoms with E-state index in [9.17, 15) is 5.11 Å². The van der Waals surface area contributed by atoms with Crippen LogP contribution in [0, 0.1) is 17.3 Å². The van der Waals surface area contributed by atoms with Gasteiger partial charge in [0.2, 0.25) is 0 Å². The maximum Gasteiger partial charge on any atom is 0.0459 e. The summed E-state index contributed by atoms with van der Waals surface area (Å²) in [5.41, 5.74) is 3.25. The summed E-state index contributed by atoms with van der Waals surface area (Å²) >= 11 is 0. The zero-order chi connectivity index (χ0) is 14.5. The van der Waals surface area contributed by atoms with Gasteiger partial charge in [0.15, 0.2) is 0 Å². The molecule has 0 saturated carbocycles. The molecule has 0 radical (unpaired) electrons. The average molecular weight is 262 g/mol. The van der Waals surface area contributed by atoms with Crippen LogP contribution in [0.4, 0.5) is 0 Å². The summed E-state index contributed by atoms with van der Waals surface area (Å²) in [6, 6.07) is 8.69. The molecule has 0 aliphatic carbocycles. The Morgan fingerprint density at radius 2 is 1.63 bits per heavy atom. The second-order valence-electron chi connectivity index (χ2n) is 7.07. The van der Waals surface area contributed by atoms with Crippen LogP contribution in [0.25, 0.3) is 0 Å². The first-order chi connectivity index (χ1) is 8.84. The molecule has 1 aromatic carbocycles. The van der Waals surface area contributed by atoms with Gasteiger partial charge >= 0.3 is 0 Å². The number of hydrogen-bond donors (Lipinski definition) is 1. The maximum absolute atomic E-state index is 9.21. The SMILES string of the molecule is CC(CO)Cc1ccccc1CCC(C)C(C)(C)C. The molecule has 0 bridgehead atoms. The quantitative estimate of drug-likeness (QED) is 0.802. The Morgan fingerprint density at radius 1 is 1.05 bits per heavy atom. The van der Waals surface area contributed by atoms with Crippen molar-refractivity contribution < 1.29 is 5.11 Å². The Morgan fingerprint density at radius 3 is 2.16 bits per heavy atom. The molecule has 108 valence electrons. The van der Waals surface area contributed by atoms with Crippen molar-refractivity contribution in [2.75, 3.05) is 6.61 Å². The van der Waals surface area contributed by atoms with Crippen LogP contribution in [0.15, 0.2) is 24.3 Å². The zero-order valence-corrected chi connectivity index (χ0v) is 13.2. The van der Waals surface area contributed by atoms with Crippen LogP contribution >= 0.6 is 0 Å². The van der Waals surface area contributed by atoms with Crippen molar-refractivity contribution in [2.45, 2.75) is 53.9 Å². The molecule has 0 heterocycles. The largest absolute Gasteiger partial charge is 0.396 e. The zero-order valence-electron chi connectivity index (χ0n) is 13.2. The van der Waals surface area contributed by atoms with E-state index in [2.05, 4.69) is 58.9 Å². The van der Waals surface area contributed by atoms with Crippen LogP contribution in [-0.2, 0) is 12.8 Å². The maximum atomic E-state index is 9.21. The highest BCUT2D eigenvalue weighted by molar-refractivity contribution is 5.27. The first-order valence-corrected chi connectivity index (χ1v) is 7.52. The number of hydrogen-bond acceptors (Lipinski definition) is 1. The summed E-state index contributed by atoms with van der Waals surface area (Å²) in [4.78, 5) is 0. The van der Waals surface area contributed by atoms with Crippen LogP contribution < -0.4 is 0 Å².